The van der Waals surface area contributed by atoms with Gasteiger partial charge in [-0.05, 0) is 64.2 Å². The predicted molar refractivity (Wildman–Crippen MR) is 361 cm³/mol. The van der Waals surface area contributed by atoms with Crippen LogP contribution in [0.5, 0.6) is 0 Å². The molecule has 11 nitrogen and oxygen atoms in total. The van der Waals surface area contributed by atoms with Crippen molar-refractivity contribution in [2.75, 3.05) is 13.2 Å². The Morgan fingerprint density at radius 3 is 1.22 bits per heavy atom. The Morgan fingerprint density at radius 2 is 0.802 bits per heavy atom. The molecular weight excluding hydrogens is 1070 g/mol. The van der Waals surface area contributed by atoms with Gasteiger partial charge in [0.1, 0.15) is 24.4 Å². The van der Waals surface area contributed by atoms with E-state index in [9.17, 15) is 35.1 Å². The van der Waals surface area contributed by atoms with Gasteiger partial charge in [0.25, 0.3) is 0 Å². The lowest BCUT2D eigenvalue weighted by atomic mass is 9.99. The van der Waals surface area contributed by atoms with Gasteiger partial charge in [0.15, 0.2) is 12.4 Å². The van der Waals surface area contributed by atoms with Crippen molar-refractivity contribution in [1.29, 1.82) is 0 Å². The van der Waals surface area contributed by atoms with Crippen LogP contribution in [0.15, 0.2) is 48.6 Å². The zero-order valence-electron chi connectivity index (χ0n) is 56.2. The Kier molecular flexibility index (Phi) is 59.6. The van der Waals surface area contributed by atoms with Crippen LogP contribution in [0, 0.1) is 0 Å². The highest BCUT2D eigenvalue weighted by molar-refractivity contribution is 5.80. The van der Waals surface area contributed by atoms with Crippen LogP contribution in [0.3, 0.4) is 0 Å². The van der Waals surface area contributed by atoms with Crippen molar-refractivity contribution < 1.29 is 49.3 Å². The summed E-state index contributed by atoms with van der Waals surface area (Å²) < 4.78 is 17.7. The molecule has 8 unspecified atom stereocenters. The first-order valence-corrected chi connectivity index (χ1v) is 36.9. The van der Waals surface area contributed by atoms with Crippen molar-refractivity contribution in [2.45, 2.75) is 404 Å². The molecule has 0 radical (unpaired) electrons. The van der Waals surface area contributed by atoms with Gasteiger partial charge in [0.05, 0.1) is 25.4 Å². The van der Waals surface area contributed by atoms with Gasteiger partial charge in [-0.2, -0.15) is 0 Å². The van der Waals surface area contributed by atoms with E-state index in [1.807, 2.05) is 6.08 Å². The van der Waals surface area contributed by atoms with Crippen molar-refractivity contribution in [2.24, 2.45) is 0 Å². The molecule has 1 rings (SSSR count). The van der Waals surface area contributed by atoms with Crippen LogP contribution in [0.25, 0.3) is 0 Å². The second kappa shape index (κ2) is 62.8. The number of allylic oxidation sites excluding steroid dienone is 7. The number of unbranched alkanes of at least 4 members (excludes halogenated alkanes) is 44. The lowest BCUT2D eigenvalue weighted by Gasteiger charge is -2.41. The molecule has 1 amide bonds. The Labute approximate surface area is 529 Å². The standard InChI is InChI=1S/C75H139NO10/c1-4-7-10-13-16-19-22-25-27-29-31-32-33-34-35-36-37-39-40-42-44-47-50-53-56-59-62-68(79)74(83)76-66(67(78)61-58-55-52-49-46-24-21-18-15-12-9-6-3)65-84-75-73(72(82)71(81)69(64-77)85-75)86-70(80)63-60-57-54-51-48-45-43-41-38-30-28-26-23-20-17-14-11-8-5-2/h17,20,26,28,38,41,58,61,66-69,71-73,75,77-79,81-82H,4-16,18-19,21-25,27,29-37,39-40,42-57,59-60,62-65H2,1-3H3,(H,76,83)/b20-17-,28-26-,41-38-,61-58+. The minimum atomic E-state index is -1.62. The molecule has 6 N–H and O–H groups in total. The van der Waals surface area contributed by atoms with Gasteiger partial charge >= 0.3 is 5.97 Å². The highest BCUT2D eigenvalue weighted by Crippen LogP contribution is 2.26. The number of rotatable bonds is 64. The Balaban J connectivity index is 2.54. The van der Waals surface area contributed by atoms with Crippen molar-refractivity contribution in [3.8, 4) is 0 Å². The summed E-state index contributed by atoms with van der Waals surface area (Å²) in [4.78, 5) is 26.7. The summed E-state index contributed by atoms with van der Waals surface area (Å²) in [6.07, 6.45) is 68.8. The third-order valence-corrected chi connectivity index (χ3v) is 17.5. The van der Waals surface area contributed by atoms with Gasteiger partial charge < -0.3 is 45.1 Å². The van der Waals surface area contributed by atoms with Crippen LogP contribution < -0.4 is 5.32 Å². The van der Waals surface area contributed by atoms with E-state index in [0.717, 1.165) is 89.9 Å². The molecule has 0 saturated carbocycles. The molecule has 1 saturated heterocycles. The van der Waals surface area contributed by atoms with Gasteiger partial charge in [-0.3, -0.25) is 9.59 Å². The third kappa shape index (κ3) is 49.4. The molecule has 0 spiro atoms. The van der Waals surface area contributed by atoms with Crippen molar-refractivity contribution >= 4 is 11.9 Å². The normalized spacial score (nSPS) is 18.5. The molecule has 0 aliphatic carbocycles. The van der Waals surface area contributed by atoms with Crippen LogP contribution in [0.1, 0.15) is 355 Å². The van der Waals surface area contributed by atoms with Gasteiger partial charge in [-0.15, -0.1) is 0 Å². The molecule has 504 valence electrons. The van der Waals surface area contributed by atoms with E-state index in [2.05, 4.69) is 62.5 Å². The zero-order chi connectivity index (χ0) is 62.4. The molecule has 86 heavy (non-hydrogen) atoms. The molecule has 8 atom stereocenters. The number of aliphatic hydroxyl groups excluding tert-OH is 5. The van der Waals surface area contributed by atoms with E-state index in [4.69, 9.17) is 14.2 Å². The van der Waals surface area contributed by atoms with E-state index in [1.165, 1.54) is 218 Å². The molecule has 0 aromatic carbocycles. The molecule has 1 aliphatic heterocycles. The van der Waals surface area contributed by atoms with Crippen LogP contribution in [-0.2, 0) is 23.8 Å². The Bertz CT molecular complexity index is 1590. The number of nitrogens with one attached hydrogen (secondary N) is 1. The van der Waals surface area contributed by atoms with Crippen molar-refractivity contribution in [1.82, 2.24) is 5.32 Å². The molecule has 1 heterocycles. The summed E-state index contributed by atoms with van der Waals surface area (Å²) in [5.74, 6) is -1.19. The van der Waals surface area contributed by atoms with Gasteiger partial charge in [0, 0.05) is 6.42 Å². The molecule has 0 aromatic heterocycles. The minimum absolute atomic E-state index is 0.110. The van der Waals surface area contributed by atoms with Crippen LogP contribution in [0.4, 0.5) is 0 Å². The molecule has 1 fully saturated rings. The number of esters is 1. The summed E-state index contributed by atoms with van der Waals surface area (Å²) in [6.45, 7) is 5.81. The maximum Gasteiger partial charge on any atom is 0.306 e. The lowest BCUT2D eigenvalue weighted by Crippen LogP contribution is -2.61. The average molecular weight is 1210 g/mol. The highest BCUT2D eigenvalue weighted by Gasteiger charge is 2.47. The fraction of sp³-hybridized carbons (Fsp3) is 0.867. The zero-order valence-corrected chi connectivity index (χ0v) is 56.2. The number of hydrogen-bond acceptors (Lipinski definition) is 10. The van der Waals surface area contributed by atoms with Gasteiger partial charge in [-0.1, -0.05) is 333 Å². The molecule has 0 bridgehead atoms. The summed E-state index contributed by atoms with van der Waals surface area (Å²) in [5.41, 5.74) is 0. The van der Waals surface area contributed by atoms with E-state index in [1.54, 1.807) is 6.08 Å². The van der Waals surface area contributed by atoms with Crippen LogP contribution >= 0.6 is 0 Å². The summed E-state index contributed by atoms with van der Waals surface area (Å²) in [5, 5.41) is 57.3. The van der Waals surface area contributed by atoms with E-state index < -0.39 is 67.4 Å². The third-order valence-electron chi connectivity index (χ3n) is 17.5. The Morgan fingerprint density at radius 1 is 0.453 bits per heavy atom. The smallest absolute Gasteiger partial charge is 0.306 e. The topological polar surface area (TPSA) is 175 Å². The first-order valence-electron chi connectivity index (χ1n) is 36.9. The molecule has 1 aliphatic rings. The monoisotopic (exact) mass is 1210 g/mol. The largest absolute Gasteiger partial charge is 0.454 e. The SMILES string of the molecule is CCCCC/C=C\C/C=C\C/C=C\CCCCCCCCC(=O)OC1C(OCC(NC(=O)C(O)CCCCCCCCCCCCCCCCCCCCCCCCCCCC)C(O)/C=C/CCCCCCCCCCCC)OC(CO)C(O)C1O. The fourth-order valence-corrected chi connectivity index (χ4v) is 11.7. The van der Waals surface area contributed by atoms with Gasteiger partial charge in [-0.25, -0.2) is 0 Å². The average Bonchev–Trinajstić information content (AvgIpc) is 3.01. The number of amides is 1. The fourth-order valence-electron chi connectivity index (χ4n) is 11.7. The van der Waals surface area contributed by atoms with Crippen LogP contribution in [0.2, 0.25) is 0 Å². The summed E-state index contributed by atoms with van der Waals surface area (Å²) in [7, 11) is 0. The van der Waals surface area contributed by atoms with E-state index in [0.29, 0.717) is 19.3 Å². The summed E-state index contributed by atoms with van der Waals surface area (Å²) in [6, 6.07) is -1.03. The molecule has 11 heteroatoms. The lowest BCUT2D eigenvalue weighted by molar-refractivity contribution is -0.305. The van der Waals surface area contributed by atoms with Crippen molar-refractivity contribution in [3.05, 3.63) is 48.6 Å². The van der Waals surface area contributed by atoms with Gasteiger partial charge in [0.2, 0.25) is 5.91 Å². The number of carbonyl (C=O) groups excluding carboxylic acids is 2. The maximum atomic E-state index is 13.5. The van der Waals surface area contributed by atoms with E-state index in [-0.39, 0.29) is 13.0 Å². The first-order chi connectivity index (χ1) is 42.2. The van der Waals surface area contributed by atoms with Crippen LogP contribution in [-0.4, -0.2) is 99.6 Å². The number of ether oxygens (including phenoxy) is 3. The minimum Gasteiger partial charge on any atom is -0.454 e. The van der Waals surface area contributed by atoms with Crippen molar-refractivity contribution in [3.63, 3.8) is 0 Å². The number of hydrogen-bond donors (Lipinski definition) is 6. The predicted octanol–water partition coefficient (Wildman–Crippen LogP) is 19.1. The summed E-state index contributed by atoms with van der Waals surface area (Å²) >= 11 is 0. The highest BCUT2D eigenvalue weighted by atomic mass is 16.7. The van der Waals surface area contributed by atoms with E-state index >= 15 is 0 Å². The molecule has 0 aromatic rings. The number of carbonyl (C=O) groups is 2. The Hall–Kier alpha value is -2.38. The maximum absolute atomic E-state index is 13.5. The second-order valence-electron chi connectivity index (χ2n) is 25.7. The molecular formula is C75H139NO10. The number of aliphatic hydroxyl groups is 5. The first kappa shape index (κ1) is 81.6. The quantitative estimate of drug-likeness (QED) is 0.0195. The second-order valence-corrected chi connectivity index (χ2v) is 25.7.